The molecule has 0 radical (unpaired) electrons. The molecule has 1 unspecified atom stereocenters. The van der Waals surface area contributed by atoms with E-state index in [-0.39, 0.29) is 0 Å². The van der Waals surface area contributed by atoms with Crippen molar-refractivity contribution in [2.45, 2.75) is 57.4 Å². The molecule has 3 fully saturated rings. The molecule has 0 amide bonds. The first-order chi connectivity index (χ1) is 12.1. The Labute approximate surface area is 154 Å². The van der Waals surface area contributed by atoms with Crippen LogP contribution in [0.2, 0.25) is 0 Å². The fourth-order valence-corrected chi connectivity index (χ4v) is 5.14. The Balaban J connectivity index is 1.56. The summed E-state index contributed by atoms with van der Waals surface area (Å²) in [5.41, 5.74) is 0.564. The Kier molecular flexibility index (Phi) is 6.61. The molecule has 25 heavy (non-hydrogen) atoms. The van der Waals surface area contributed by atoms with Gasteiger partial charge in [0, 0.05) is 52.4 Å². The minimum Gasteiger partial charge on any atom is -0.355 e. The molecule has 2 aliphatic heterocycles. The molecule has 3 rings (SSSR count). The molecule has 5 nitrogen and oxygen atoms in total. The molecule has 1 saturated carbocycles. The molecular weight excluding hydrogens is 310 g/mol. The lowest BCUT2D eigenvalue weighted by molar-refractivity contribution is 0.107. The zero-order chi connectivity index (χ0) is 17.7. The van der Waals surface area contributed by atoms with E-state index in [0.29, 0.717) is 11.5 Å². The van der Waals surface area contributed by atoms with Crippen molar-refractivity contribution in [3.63, 3.8) is 0 Å². The zero-order valence-corrected chi connectivity index (χ0v) is 16.8. The van der Waals surface area contributed by atoms with Crippen LogP contribution in [0.3, 0.4) is 0 Å². The summed E-state index contributed by atoms with van der Waals surface area (Å²) in [6.07, 6.45) is 11.3. The molecule has 5 heteroatoms. The summed E-state index contributed by atoms with van der Waals surface area (Å²) in [4.78, 5) is 12.1. The monoisotopic (exact) mass is 349 g/mol. The number of likely N-dealkylation sites (N-methyl/N-ethyl adjacent to an activating group) is 2. The van der Waals surface area contributed by atoms with Crippen LogP contribution in [0.4, 0.5) is 0 Å². The summed E-state index contributed by atoms with van der Waals surface area (Å²) in [5, 5.41) is 3.71. The van der Waals surface area contributed by atoms with Gasteiger partial charge in [-0.1, -0.05) is 25.7 Å². The first-order valence-electron chi connectivity index (χ1n) is 10.5. The Morgan fingerprint density at radius 2 is 1.72 bits per heavy atom. The number of hydrogen-bond donors (Lipinski definition) is 1. The number of rotatable bonds is 2. The quantitative estimate of drug-likeness (QED) is 0.612. The van der Waals surface area contributed by atoms with Gasteiger partial charge in [0.2, 0.25) is 0 Å². The second kappa shape index (κ2) is 8.72. The summed E-state index contributed by atoms with van der Waals surface area (Å²) in [7, 11) is 6.44. The van der Waals surface area contributed by atoms with Crippen LogP contribution in [-0.2, 0) is 0 Å². The Hall–Kier alpha value is -0.810. The van der Waals surface area contributed by atoms with E-state index in [2.05, 4.69) is 39.1 Å². The first-order valence-corrected chi connectivity index (χ1v) is 10.5. The molecule has 3 aliphatic rings. The lowest BCUT2D eigenvalue weighted by atomic mass is 9.74. The Morgan fingerprint density at radius 3 is 2.44 bits per heavy atom. The number of piperidine rings is 1. The van der Waals surface area contributed by atoms with Gasteiger partial charge in [0.05, 0.1) is 0 Å². The number of nitrogens with one attached hydrogen (secondary N) is 1. The molecule has 1 N–H and O–H groups in total. The van der Waals surface area contributed by atoms with E-state index >= 15 is 0 Å². The van der Waals surface area contributed by atoms with Gasteiger partial charge in [0.25, 0.3) is 0 Å². The van der Waals surface area contributed by atoms with E-state index in [1.807, 2.05) is 7.05 Å². The molecule has 0 aromatic heterocycles. The summed E-state index contributed by atoms with van der Waals surface area (Å²) in [5.74, 6) is 1.13. The summed E-state index contributed by atoms with van der Waals surface area (Å²) >= 11 is 0. The fourth-order valence-electron chi connectivity index (χ4n) is 5.14. The maximum absolute atomic E-state index is 4.64. The smallest absolute Gasteiger partial charge is 0.193 e. The van der Waals surface area contributed by atoms with Crippen molar-refractivity contribution in [3.8, 4) is 0 Å². The number of piperazine rings is 1. The molecule has 2 heterocycles. The fraction of sp³-hybridized carbons (Fsp3) is 0.950. The van der Waals surface area contributed by atoms with Crippen molar-refractivity contribution in [2.24, 2.45) is 10.4 Å². The van der Waals surface area contributed by atoms with Crippen LogP contribution in [0.5, 0.6) is 0 Å². The SMILES string of the molecule is CN=C(NCC1CN(C)CCN1C)N1CCCC2(CCCCCC2)C1. The van der Waals surface area contributed by atoms with Crippen molar-refractivity contribution >= 4 is 5.96 Å². The topological polar surface area (TPSA) is 34.1 Å². The minimum absolute atomic E-state index is 0.564. The number of aliphatic imine (C=N–C) groups is 1. The zero-order valence-electron chi connectivity index (χ0n) is 16.8. The van der Waals surface area contributed by atoms with E-state index in [1.54, 1.807) is 0 Å². The average molecular weight is 350 g/mol. The van der Waals surface area contributed by atoms with Crippen molar-refractivity contribution in [2.75, 3.05) is 60.4 Å². The van der Waals surface area contributed by atoms with Gasteiger partial charge in [0.1, 0.15) is 0 Å². The lowest BCUT2D eigenvalue weighted by Crippen LogP contribution is -2.57. The van der Waals surface area contributed by atoms with E-state index < -0.39 is 0 Å². The van der Waals surface area contributed by atoms with Crippen LogP contribution >= 0.6 is 0 Å². The molecular formula is C20H39N5. The Bertz CT molecular complexity index is 441. The maximum Gasteiger partial charge on any atom is 0.193 e. The minimum atomic E-state index is 0.564. The van der Waals surface area contributed by atoms with Crippen LogP contribution in [0.25, 0.3) is 0 Å². The van der Waals surface area contributed by atoms with E-state index in [4.69, 9.17) is 0 Å². The van der Waals surface area contributed by atoms with E-state index in [1.165, 1.54) is 71.0 Å². The highest BCUT2D eigenvalue weighted by Crippen LogP contribution is 2.42. The van der Waals surface area contributed by atoms with Crippen LogP contribution in [-0.4, -0.2) is 87.1 Å². The molecule has 0 bridgehead atoms. The number of nitrogens with zero attached hydrogens (tertiary/aromatic N) is 4. The highest BCUT2D eigenvalue weighted by atomic mass is 15.3. The van der Waals surface area contributed by atoms with Gasteiger partial charge in [-0.3, -0.25) is 9.89 Å². The summed E-state index contributed by atoms with van der Waals surface area (Å²) in [6.45, 7) is 6.86. The Morgan fingerprint density at radius 1 is 1.00 bits per heavy atom. The normalized spacial score (nSPS) is 29.6. The van der Waals surface area contributed by atoms with E-state index in [9.17, 15) is 0 Å². The maximum atomic E-state index is 4.64. The molecule has 0 aromatic carbocycles. The number of guanidine groups is 1. The van der Waals surface area contributed by atoms with E-state index in [0.717, 1.165) is 25.6 Å². The van der Waals surface area contributed by atoms with Gasteiger partial charge in [-0.15, -0.1) is 0 Å². The second-order valence-electron chi connectivity index (χ2n) is 8.76. The molecule has 0 aromatic rings. The van der Waals surface area contributed by atoms with Crippen LogP contribution in [0.15, 0.2) is 4.99 Å². The van der Waals surface area contributed by atoms with Crippen LogP contribution in [0.1, 0.15) is 51.4 Å². The molecule has 1 aliphatic carbocycles. The molecule has 1 spiro atoms. The highest BCUT2D eigenvalue weighted by molar-refractivity contribution is 5.80. The largest absolute Gasteiger partial charge is 0.355 e. The van der Waals surface area contributed by atoms with Gasteiger partial charge >= 0.3 is 0 Å². The third kappa shape index (κ3) is 4.88. The predicted octanol–water partition coefficient (Wildman–Crippen LogP) is 2.24. The highest BCUT2D eigenvalue weighted by Gasteiger charge is 2.36. The molecule has 144 valence electrons. The summed E-state index contributed by atoms with van der Waals surface area (Å²) < 4.78 is 0. The van der Waals surface area contributed by atoms with Gasteiger partial charge in [0.15, 0.2) is 5.96 Å². The van der Waals surface area contributed by atoms with Crippen molar-refractivity contribution in [1.82, 2.24) is 20.0 Å². The third-order valence-corrected chi connectivity index (χ3v) is 6.81. The van der Waals surface area contributed by atoms with Crippen LogP contribution < -0.4 is 5.32 Å². The molecule has 2 saturated heterocycles. The van der Waals surface area contributed by atoms with Gasteiger partial charge in [-0.2, -0.15) is 0 Å². The average Bonchev–Trinajstić information content (AvgIpc) is 2.84. The number of hydrogen-bond acceptors (Lipinski definition) is 3. The number of likely N-dealkylation sites (tertiary alicyclic amines) is 1. The third-order valence-electron chi connectivity index (χ3n) is 6.81. The van der Waals surface area contributed by atoms with Gasteiger partial charge in [-0.25, -0.2) is 0 Å². The standard InChI is InChI=1S/C20H39N5/c1-21-19(22-15-18-16-23(2)13-14-24(18)3)25-12-8-11-20(17-25)9-6-4-5-7-10-20/h18H,4-17H2,1-3H3,(H,21,22). The van der Waals surface area contributed by atoms with Gasteiger partial charge < -0.3 is 15.1 Å². The van der Waals surface area contributed by atoms with Crippen molar-refractivity contribution in [1.29, 1.82) is 0 Å². The van der Waals surface area contributed by atoms with Crippen molar-refractivity contribution in [3.05, 3.63) is 0 Å². The van der Waals surface area contributed by atoms with Crippen molar-refractivity contribution < 1.29 is 0 Å². The first kappa shape index (κ1) is 19.0. The lowest BCUT2D eigenvalue weighted by Gasteiger charge is -2.44. The molecule has 1 atom stereocenters. The van der Waals surface area contributed by atoms with Gasteiger partial charge in [-0.05, 0) is 45.2 Å². The predicted molar refractivity (Wildman–Crippen MR) is 106 cm³/mol. The second-order valence-corrected chi connectivity index (χ2v) is 8.76. The summed E-state index contributed by atoms with van der Waals surface area (Å²) in [6, 6.07) is 0.576. The van der Waals surface area contributed by atoms with Crippen LogP contribution in [0, 0.1) is 5.41 Å².